The van der Waals surface area contributed by atoms with Crippen LogP contribution in [0.2, 0.25) is 5.02 Å². The van der Waals surface area contributed by atoms with Gasteiger partial charge in [0, 0.05) is 37.7 Å². The Labute approximate surface area is 119 Å². The van der Waals surface area contributed by atoms with Crippen LogP contribution in [0.5, 0.6) is 0 Å². The van der Waals surface area contributed by atoms with Gasteiger partial charge in [0.05, 0.1) is 5.92 Å². The maximum Gasteiger partial charge on any atom is 0.226 e. The number of carbonyl (C=O) groups excluding carboxylic acids is 1. The van der Waals surface area contributed by atoms with Gasteiger partial charge in [0.2, 0.25) is 5.91 Å². The molecule has 0 aromatic heterocycles. The Morgan fingerprint density at radius 2 is 1.84 bits per heavy atom. The fraction of sp³-hybridized carbons (Fsp3) is 0.500. The summed E-state index contributed by atoms with van der Waals surface area (Å²) in [6.45, 7) is 4.71. The fourth-order valence-electron chi connectivity index (χ4n) is 2.34. The Balaban J connectivity index is 2.04. The van der Waals surface area contributed by atoms with Gasteiger partial charge in [-0.25, -0.2) is 0 Å². The van der Waals surface area contributed by atoms with Crippen molar-refractivity contribution in [1.29, 1.82) is 0 Å². The van der Waals surface area contributed by atoms with E-state index in [0.29, 0.717) is 11.6 Å². The van der Waals surface area contributed by atoms with Gasteiger partial charge in [-0.3, -0.25) is 9.69 Å². The van der Waals surface area contributed by atoms with Gasteiger partial charge in [-0.05, 0) is 24.7 Å². The number of hydrogen-bond donors (Lipinski definition) is 1. The van der Waals surface area contributed by atoms with Gasteiger partial charge >= 0.3 is 0 Å². The molecule has 0 radical (unpaired) electrons. The summed E-state index contributed by atoms with van der Waals surface area (Å²) >= 11 is 5.87. The van der Waals surface area contributed by atoms with Crippen molar-refractivity contribution in [2.45, 2.75) is 5.92 Å². The van der Waals surface area contributed by atoms with Crippen LogP contribution in [-0.4, -0.2) is 55.5 Å². The summed E-state index contributed by atoms with van der Waals surface area (Å²) in [5.74, 6) is -0.540. The number of likely N-dealkylation sites (N-methyl/N-ethyl adjacent to an activating group) is 1. The van der Waals surface area contributed by atoms with Crippen LogP contribution in [0.1, 0.15) is 11.5 Å². The molecule has 1 atom stereocenters. The summed E-state index contributed by atoms with van der Waals surface area (Å²) in [4.78, 5) is 16.3. The first-order valence-corrected chi connectivity index (χ1v) is 6.90. The number of benzene rings is 1. The third kappa shape index (κ3) is 3.93. The molecule has 1 amide bonds. The zero-order chi connectivity index (χ0) is 13.8. The van der Waals surface area contributed by atoms with Crippen molar-refractivity contribution in [3.05, 3.63) is 34.9 Å². The van der Waals surface area contributed by atoms with E-state index in [1.165, 1.54) is 0 Å². The first kappa shape index (κ1) is 14.3. The van der Waals surface area contributed by atoms with E-state index in [9.17, 15) is 4.79 Å². The van der Waals surface area contributed by atoms with E-state index in [-0.39, 0.29) is 11.8 Å². The lowest BCUT2D eigenvalue weighted by molar-refractivity contribution is -0.120. The molecule has 1 aromatic carbocycles. The van der Waals surface area contributed by atoms with E-state index in [2.05, 4.69) is 16.8 Å². The number of nitrogens with two attached hydrogens (primary N) is 1. The van der Waals surface area contributed by atoms with Crippen molar-refractivity contribution in [1.82, 2.24) is 9.80 Å². The molecule has 1 aliphatic rings. The summed E-state index contributed by atoms with van der Waals surface area (Å²) in [5, 5.41) is 0.673. The van der Waals surface area contributed by atoms with Crippen molar-refractivity contribution in [3.63, 3.8) is 0 Å². The second kappa shape index (κ2) is 6.37. The summed E-state index contributed by atoms with van der Waals surface area (Å²) < 4.78 is 0. The molecule has 2 N–H and O–H groups in total. The van der Waals surface area contributed by atoms with Gasteiger partial charge in [0.25, 0.3) is 0 Å². The lowest BCUT2D eigenvalue weighted by Gasteiger charge is -2.34. The van der Waals surface area contributed by atoms with Gasteiger partial charge in [-0.1, -0.05) is 23.7 Å². The zero-order valence-electron chi connectivity index (χ0n) is 11.2. The number of halogens is 1. The van der Waals surface area contributed by atoms with Crippen LogP contribution in [0.4, 0.5) is 0 Å². The highest BCUT2D eigenvalue weighted by atomic mass is 35.5. The number of hydrogen-bond acceptors (Lipinski definition) is 3. The van der Waals surface area contributed by atoms with Gasteiger partial charge in [0.15, 0.2) is 0 Å². The number of amides is 1. The van der Waals surface area contributed by atoms with Gasteiger partial charge < -0.3 is 10.6 Å². The Morgan fingerprint density at radius 1 is 1.26 bits per heavy atom. The number of primary amides is 1. The second-order valence-corrected chi connectivity index (χ2v) is 5.55. The predicted octanol–water partition coefficient (Wildman–Crippen LogP) is 1.16. The maximum absolute atomic E-state index is 11.7. The predicted molar refractivity (Wildman–Crippen MR) is 77.3 cm³/mol. The topological polar surface area (TPSA) is 49.6 Å². The largest absolute Gasteiger partial charge is 0.369 e. The normalized spacial score (nSPS) is 19.3. The van der Waals surface area contributed by atoms with Crippen molar-refractivity contribution in [3.8, 4) is 0 Å². The number of rotatable bonds is 4. The monoisotopic (exact) mass is 281 g/mol. The van der Waals surface area contributed by atoms with E-state index in [4.69, 9.17) is 17.3 Å². The van der Waals surface area contributed by atoms with Crippen molar-refractivity contribution < 1.29 is 4.79 Å². The first-order valence-electron chi connectivity index (χ1n) is 6.52. The zero-order valence-corrected chi connectivity index (χ0v) is 11.9. The van der Waals surface area contributed by atoms with Crippen molar-refractivity contribution in [2.75, 3.05) is 39.8 Å². The van der Waals surface area contributed by atoms with E-state index < -0.39 is 0 Å². The van der Waals surface area contributed by atoms with Crippen LogP contribution in [0.15, 0.2) is 24.3 Å². The van der Waals surface area contributed by atoms with Crippen molar-refractivity contribution >= 4 is 17.5 Å². The summed E-state index contributed by atoms with van der Waals surface area (Å²) in [6.07, 6.45) is 0. The Morgan fingerprint density at radius 3 is 2.37 bits per heavy atom. The quantitative estimate of drug-likeness (QED) is 0.901. The van der Waals surface area contributed by atoms with Crippen LogP contribution in [0, 0.1) is 0 Å². The minimum atomic E-state index is -0.277. The first-order chi connectivity index (χ1) is 9.06. The third-order valence-electron chi connectivity index (χ3n) is 3.65. The number of nitrogens with zero attached hydrogens (tertiary/aromatic N) is 2. The minimum absolute atomic E-state index is 0.263. The standard InChI is InChI=1S/C14H20ClN3O/c1-17-6-8-18(9-7-17)10-13(14(16)19)11-2-4-12(15)5-3-11/h2-5,13H,6-10H2,1H3,(H2,16,19)/t13-/m1/s1. The van der Waals surface area contributed by atoms with E-state index in [0.717, 1.165) is 31.7 Å². The highest BCUT2D eigenvalue weighted by Crippen LogP contribution is 2.20. The van der Waals surface area contributed by atoms with E-state index in [1.54, 1.807) is 12.1 Å². The van der Waals surface area contributed by atoms with Crippen molar-refractivity contribution in [2.24, 2.45) is 5.73 Å². The fourth-order valence-corrected chi connectivity index (χ4v) is 2.47. The second-order valence-electron chi connectivity index (χ2n) is 5.11. The number of piperazine rings is 1. The summed E-state index contributed by atoms with van der Waals surface area (Å²) in [7, 11) is 2.11. The molecular weight excluding hydrogens is 262 g/mol. The maximum atomic E-state index is 11.7. The van der Waals surface area contributed by atoms with Gasteiger partial charge in [0.1, 0.15) is 0 Å². The Kier molecular flexibility index (Phi) is 4.80. The van der Waals surface area contributed by atoms with Crippen LogP contribution in [0.3, 0.4) is 0 Å². The average molecular weight is 282 g/mol. The molecule has 0 spiro atoms. The molecule has 1 fully saturated rings. The van der Waals surface area contributed by atoms with Crippen LogP contribution in [-0.2, 0) is 4.79 Å². The molecule has 0 bridgehead atoms. The molecule has 1 saturated heterocycles. The molecule has 0 unspecified atom stereocenters. The van der Waals surface area contributed by atoms with E-state index in [1.807, 2.05) is 12.1 Å². The SMILES string of the molecule is CN1CCN(C[C@@H](C(N)=O)c2ccc(Cl)cc2)CC1. The molecule has 2 rings (SSSR count). The smallest absolute Gasteiger partial charge is 0.226 e. The highest BCUT2D eigenvalue weighted by molar-refractivity contribution is 6.30. The molecule has 1 heterocycles. The van der Waals surface area contributed by atoms with Gasteiger partial charge in [-0.2, -0.15) is 0 Å². The molecule has 1 aliphatic heterocycles. The summed E-state index contributed by atoms with van der Waals surface area (Å²) in [6, 6.07) is 7.37. The van der Waals surface area contributed by atoms with Crippen LogP contribution >= 0.6 is 11.6 Å². The molecule has 5 heteroatoms. The molecular formula is C14H20ClN3O. The lowest BCUT2D eigenvalue weighted by atomic mass is 9.97. The minimum Gasteiger partial charge on any atom is -0.369 e. The molecule has 4 nitrogen and oxygen atoms in total. The Bertz CT molecular complexity index is 427. The molecule has 0 saturated carbocycles. The van der Waals surface area contributed by atoms with Crippen LogP contribution in [0.25, 0.3) is 0 Å². The molecule has 19 heavy (non-hydrogen) atoms. The van der Waals surface area contributed by atoms with Crippen LogP contribution < -0.4 is 5.73 Å². The van der Waals surface area contributed by atoms with Gasteiger partial charge in [-0.15, -0.1) is 0 Å². The summed E-state index contributed by atoms with van der Waals surface area (Å²) in [5.41, 5.74) is 6.48. The molecule has 1 aromatic rings. The number of carbonyl (C=O) groups is 1. The molecule has 0 aliphatic carbocycles. The highest BCUT2D eigenvalue weighted by Gasteiger charge is 2.23. The van der Waals surface area contributed by atoms with E-state index >= 15 is 0 Å². The lowest BCUT2D eigenvalue weighted by Crippen LogP contribution is -2.47. The third-order valence-corrected chi connectivity index (χ3v) is 3.90. The molecule has 104 valence electrons. The Hall–Kier alpha value is -1.10. The average Bonchev–Trinajstić information content (AvgIpc) is 2.39.